The number of rotatable bonds is 10. The molecule has 1 atom stereocenters. The molecule has 142 valence electrons. The minimum Gasteiger partial charge on any atom is -0.490 e. The zero-order chi connectivity index (χ0) is 18.9. The van der Waals surface area contributed by atoms with E-state index in [1.165, 1.54) is 4.88 Å². The zero-order valence-electron chi connectivity index (χ0n) is 15.4. The van der Waals surface area contributed by atoms with Crippen molar-refractivity contribution in [1.29, 1.82) is 0 Å². The molecule has 1 heterocycles. The summed E-state index contributed by atoms with van der Waals surface area (Å²) in [5.41, 5.74) is 2.00. The fourth-order valence-corrected chi connectivity index (χ4v) is 3.36. The number of aliphatic hydroxyl groups excluding tert-OH is 1. The van der Waals surface area contributed by atoms with Crippen LogP contribution in [0.5, 0.6) is 11.5 Å². The first-order chi connectivity index (χ1) is 13.3. The van der Waals surface area contributed by atoms with Gasteiger partial charge in [-0.1, -0.05) is 42.5 Å². The van der Waals surface area contributed by atoms with Gasteiger partial charge in [-0.25, -0.2) is 0 Å². The first kappa shape index (κ1) is 19.4. The topological polar surface area (TPSA) is 50.7 Å². The molecule has 0 unspecified atom stereocenters. The molecule has 0 fully saturated rings. The van der Waals surface area contributed by atoms with Gasteiger partial charge in [-0.15, -0.1) is 11.3 Å². The van der Waals surface area contributed by atoms with E-state index in [-0.39, 0.29) is 0 Å². The van der Waals surface area contributed by atoms with Crippen molar-refractivity contribution in [3.05, 3.63) is 82.0 Å². The van der Waals surface area contributed by atoms with E-state index < -0.39 is 6.10 Å². The van der Waals surface area contributed by atoms with Crippen molar-refractivity contribution in [2.75, 3.05) is 13.2 Å². The number of hydrogen-bond donors (Lipinski definition) is 2. The highest BCUT2D eigenvalue weighted by molar-refractivity contribution is 7.09. The van der Waals surface area contributed by atoms with Gasteiger partial charge in [0.2, 0.25) is 0 Å². The second kappa shape index (κ2) is 10.1. The predicted molar refractivity (Wildman–Crippen MR) is 109 cm³/mol. The molecule has 0 spiro atoms. The summed E-state index contributed by atoms with van der Waals surface area (Å²) in [7, 11) is 0. The SMILES string of the molecule is CCOc1cc(CNC[C@H](O)c2ccccc2)ccc1OCc1cccs1. The van der Waals surface area contributed by atoms with Crippen LogP contribution in [0.3, 0.4) is 0 Å². The minimum absolute atomic E-state index is 0.491. The largest absolute Gasteiger partial charge is 0.490 e. The third-order valence-electron chi connectivity index (χ3n) is 4.11. The lowest BCUT2D eigenvalue weighted by Gasteiger charge is -2.15. The second-order valence-electron chi connectivity index (χ2n) is 6.14. The number of nitrogens with one attached hydrogen (secondary N) is 1. The molecule has 5 heteroatoms. The van der Waals surface area contributed by atoms with Crippen LogP contribution in [0.2, 0.25) is 0 Å². The molecule has 0 radical (unpaired) electrons. The van der Waals surface area contributed by atoms with E-state index in [9.17, 15) is 5.11 Å². The quantitative estimate of drug-likeness (QED) is 0.539. The maximum Gasteiger partial charge on any atom is 0.161 e. The average Bonchev–Trinajstić information content (AvgIpc) is 3.22. The molecule has 0 amide bonds. The van der Waals surface area contributed by atoms with E-state index in [4.69, 9.17) is 9.47 Å². The van der Waals surface area contributed by atoms with Crippen molar-refractivity contribution in [1.82, 2.24) is 5.32 Å². The first-order valence-electron chi connectivity index (χ1n) is 9.11. The van der Waals surface area contributed by atoms with Crippen LogP contribution in [0.25, 0.3) is 0 Å². The smallest absolute Gasteiger partial charge is 0.161 e. The molecule has 1 aromatic heterocycles. The monoisotopic (exact) mass is 383 g/mol. The molecular weight excluding hydrogens is 358 g/mol. The molecule has 2 aromatic carbocycles. The van der Waals surface area contributed by atoms with Crippen molar-refractivity contribution in [3.8, 4) is 11.5 Å². The Hall–Kier alpha value is -2.34. The van der Waals surface area contributed by atoms with Crippen LogP contribution in [0.1, 0.15) is 29.0 Å². The molecule has 3 aromatic rings. The van der Waals surface area contributed by atoms with Crippen LogP contribution < -0.4 is 14.8 Å². The lowest BCUT2D eigenvalue weighted by molar-refractivity contribution is 0.174. The molecule has 27 heavy (non-hydrogen) atoms. The Morgan fingerprint density at radius 2 is 1.85 bits per heavy atom. The van der Waals surface area contributed by atoms with Gasteiger partial charge in [0.05, 0.1) is 12.7 Å². The molecule has 0 bridgehead atoms. The van der Waals surface area contributed by atoms with Crippen LogP contribution >= 0.6 is 11.3 Å². The van der Waals surface area contributed by atoms with Gasteiger partial charge in [0, 0.05) is 18.0 Å². The van der Waals surface area contributed by atoms with Crippen LogP contribution in [-0.4, -0.2) is 18.3 Å². The highest BCUT2D eigenvalue weighted by atomic mass is 32.1. The van der Waals surface area contributed by atoms with E-state index in [1.54, 1.807) is 11.3 Å². The van der Waals surface area contributed by atoms with Gasteiger partial charge in [0.15, 0.2) is 11.5 Å². The Labute approximate surface area is 164 Å². The number of ether oxygens (including phenoxy) is 2. The Bertz CT molecular complexity index is 806. The lowest BCUT2D eigenvalue weighted by atomic mass is 10.1. The fourth-order valence-electron chi connectivity index (χ4n) is 2.74. The van der Waals surface area contributed by atoms with Gasteiger partial charge in [0.1, 0.15) is 6.61 Å². The second-order valence-corrected chi connectivity index (χ2v) is 7.17. The van der Waals surface area contributed by atoms with Crippen LogP contribution in [-0.2, 0) is 13.2 Å². The lowest BCUT2D eigenvalue weighted by Crippen LogP contribution is -2.21. The minimum atomic E-state index is -0.522. The summed E-state index contributed by atoms with van der Waals surface area (Å²) in [6.45, 7) is 4.22. The van der Waals surface area contributed by atoms with Crippen LogP contribution in [0.4, 0.5) is 0 Å². The summed E-state index contributed by atoms with van der Waals surface area (Å²) in [5, 5.41) is 15.6. The van der Waals surface area contributed by atoms with Gasteiger partial charge < -0.3 is 19.9 Å². The summed E-state index contributed by atoms with van der Waals surface area (Å²) >= 11 is 1.68. The number of benzene rings is 2. The third-order valence-corrected chi connectivity index (χ3v) is 4.96. The molecule has 0 saturated heterocycles. The van der Waals surface area contributed by atoms with Crippen molar-refractivity contribution < 1.29 is 14.6 Å². The molecule has 2 N–H and O–H groups in total. The van der Waals surface area contributed by atoms with E-state index in [0.717, 1.165) is 22.6 Å². The molecule has 4 nitrogen and oxygen atoms in total. The predicted octanol–water partition coefficient (Wildman–Crippen LogP) is 4.55. The highest BCUT2D eigenvalue weighted by Gasteiger charge is 2.09. The number of aliphatic hydroxyl groups is 1. The molecular formula is C22H25NO3S. The van der Waals surface area contributed by atoms with Gasteiger partial charge in [0.25, 0.3) is 0 Å². The van der Waals surface area contributed by atoms with Crippen LogP contribution in [0.15, 0.2) is 66.0 Å². The summed E-state index contributed by atoms with van der Waals surface area (Å²) < 4.78 is 11.7. The van der Waals surface area contributed by atoms with Gasteiger partial charge in [-0.05, 0) is 41.6 Å². The maximum absolute atomic E-state index is 10.2. The molecule has 0 aliphatic carbocycles. The molecule has 3 rings (SSSR count). The summed E-state index contributed by atoms with van der Waals surface area (Å²) in [6, 6.07) is 19.7. The van der Waals surface area contributed by atoms with E-state index >= 15 is 0 Å². The molecule has 0 aliphatic rings. The van der Waals surface area contributed by atoms with Crippen molar-refractivity contribution in [2.24, 2.45) is 0 Å². The third kappa shape index (κ3) is 5.82. The zero-order valence-corrected chi connectivity index (χ0v) is 16.2. The van der Waals surface area contributed by atoms with Gasteiger partial charge >= 0.3 is 0 Å². The van der Waals surface area contributed by atoms with Crippen molar-refractivity contribution in [2.45, 2.75) is 26.2 Å². The summed E-state index contributed by atoms with van der Waals surface area (Å²) in [4.78, 5) is 1.18. The van der Waals surface area contributed by atoms with Crippen molar-refractivity contribution in [3.63, 3.8) is 0 Å². The Balaban J connectivity index is 1.56. The average molecular weight is 384 g/mol. The van der Waals surface area contributed by atoms with Gasteiger partial charge in [-0.2, -0.15) is 0 Å². The Morgan fingerprint density at radius 3 is 2.59 bits per heavy atom. The molecule has 0 aliphatic heterocycles. The van der Waals surface area contributed by atoms with Gasteiger partial charge in [-0.3, -0.25) is 0 Å². The Kier molecular flexibility index (Phi) is 7.27. The number of thiophene rings is 1. The van der Waals surface area contributed by atoms with E-state index in [0.29, 0.717) is 26.3 Å². The van der Waals surface area contributed by atoms with E-state index in [2.05, 4.69) is 11.4 Å². The summed E-state index contributed by atoms with van der Waals surface area (Å²) in [6.07, 6.45) is -0.522. The first-order valence-corrected chi connectivity index (χ1v) is 9.99. The standard InChI is InChI=1S/C22H25NO3S/c1-2-25-22-13-17(10-11-21(22)26-16-19-9-6-12-27-19)14-23-15-20(24)18-7-4-3-5-8-18/h3-13,20,23-24H,2,14-16H2,1H3/t20-/m0/s1. The normalized spacial score (nSPS) is 11.9. The summed E-state index contributed by atoms with van der Waals surface area (Å²) in [5.74, 6) is 1.50. The highest BCUT2D eigenvalue weighted by Crippen LogP contribution is 2.29. The maximum atomic E-state index is 10.2. The van der Waals surface area contributed by atoms with Crippen molar-refractivity contribution >= 4 is 11.3 Å². The molecule has 0 saturated carbocycles. The Morgan fingerprint density at radius 1 is 1.00 bits per heavy atom. The van der Waals surface area contributed by atoms with E-state index in [1.807, 2.05) is 66.9 Å². The van der Waals surface area contributed by atoms with Crippen LogP contribution in [0, 0.1) is 0 Å². The fraction of sp³-hybridized carbons (Fsp3) is 0.273. The number of hydrogen-bond acceptors (Lipinski definition) is 5.